The number of amides is 2. The quantitative estimate of drug-likeness (QED) is 0.451. The van der Waals surface area contributed by atoms with E-state index in [0.717, 1.165) is 5.56 Å². The molecule has 1 aliphatic heterocycles. The number of carbonyl (C=O) groups is 2. The van der Waals surface area contributed by atoms with Gasteiger partial charge in [-0.25, -0.2) is 4.39 Å². The minimum Gasteiger partial charge on any atom is -0.497 e. The van der Waals surface area contributed by atoms with Gasteiger partial charge in [0, 0.05) is 11.1 Å². The number of hydrogen-bond acceptors (Lipinski definition) is 4. The zero-order valence-corrected chi connectivity index (χ0v) is 17.1. The van der Waals surface area contributed by atoms with Crippen molar-refractivity contribution in [2.24, 2.45) is 0 Å². The molecule has 2 amide bonds. The van der Waals surface area contributed by atoms with E-state index < -0.39 is 11.7 Å². The molecule has 0 saturated carbocycles. The molecule has 0 bridgehead atoms. The van der Waals surface area contributed by atoms with Crippen molar-refractivity contribution < 1.29 is 23.5 Å². The summed E-state index contributed by atoms with van der Waals surface area (Å²) >= 11 is 0. The van der Waals surface area contributed by atoms with E-state index in [1.165, 1.54) is 24.1 Å². The van der Waals surface area contributed by atoms with Gasteiger partial charge < -0.3 is 9.47 Å². The van der Waals surface area contributed by atoms with E-state index in [-0.39, 0.29) is 18.2 Å². The van der Waals surface area contributed by atoms with Crippen LogP contribution in [0.1, 0.15) is 27.0 Å². The lowest BCUT2D eigenvalue weighted by Crippen LogP contribution is -2.41. The van der Waals surface area contributed by atoms with Gasteiger partial charge in [-0.15, -0.1) is 0 Å². The van der Waals surface area contributed by atoms with Crippen molar-refractivity contribution in [2.45, 2.75) is 6.54 Å². The summed E-state index contributed by atoms with van der Waals surface area (Å²) in [5, 5.41) is 0. The van der Waals surface area contributed by atoms with Crippen LogP contribution in [0.4, 0.5) is 4.39 Å². The summed E-state index contributed by atoms with van der Waals surface area (Å²) in [6.07, 6.45) is 1.59. The number of nitrogens with zero attached hydrogens (tertiary/aromatic N) is 1. The Morgan fingerprint density at radius 1 is 0.871 bits per heavy atom. The standard InChI is InChI=1S/C25H20FNO4/c1-30-18-10-7-16(8-11-18)15-27-24(28)20-6-4-3-5-19(20)21(25(27)29)13-17-9-12-23(31-2)22(26)14-17/h3-14H,15H2,1-2H3. The predicted octanol–water partition coefficient (Wildman–Crippen LogP) is 4.57. The van der Waals surface area contributed by atoms with Gasteiger partial charge >= 0.3 is 0 Å². The highest BCUT2D eigenvalue weighted by molar-refractivity contribution is 6.33. The fourth-order valence-electron chi connectivity index (χ4n) is 3.54. The maximum Gasteiger partial charge on any atom is 0.261 e. The molecular formula is C25H20FNO4. The molecule has 5 nitrogen and oxygen atoms in total. The number of methoxy groups -OCH3 is 2. The summed E-state index contributed by atoms with van der Waals surface area (Å²) < 4.78 is 24.3. The first-order valence-corrected chi connectivity index (χ1v) is 9.65. The van der Waals surface area contributed by atoms with E-state index in [1.54, 1.807) is 55.7 Å². The first kappa shape index (κ1) is 20.3. The Labute approximate surface area is 179 Å². The molecular weight excluding hydrogens is 397 g/mol. The second kappa shape index (κ2) is 8.44. The molecule has 1 aliphatic rings. The number of halogens is 1. The van der Waals surface area contributed by atoms with Crippen molar-refractivity contribution in [3.05, 3.63) is 94.8 Å². The number of benzene rings is 3. The highest BCUT2D eigenvalue weighted by Crippen LogP contribution is 2.32. The molecule has 6 heteroatoms. The molecule has 156 valence electrons. The predicted molar refractivity (Wildman–Crippen MR) is 115 cm³/mol. The Morgan fingerprint density at radius 3 is 2.23 bits per heavy atom. The molecule has 31 heavy (non-hydrogen) atoms. The first-order valence-electron chi connectivity index (χ1n) is 9.65. The molecule has 3 aromatic rings. The van der Waals surface area contributed by atoms with Crippen molar-refractivity contribution in [2.75, 3.05) is 14.2 Å². The van der Waals surface area contributed by atoms with E-state index in [4.69, 9.17) is 9.47 Å². The van der Waals surface area contributed by atoms with Gasteiger partial charge in [-0.05, 0) is 53.1 Å². The maximum atomic E-state index is 14.2. The van der Waals surface area contributed by atoms with E-state index in [0.29, 0.717) is 28.0 Å². The first-order chi connectivity index (χ1) is 15.0. The molecule has 0 unspecified atom stereocenters. The number of imide groups is 1. The zero-order valence-electron chi connectivity index (χ0n) is 17.1. The highest BCUT2D eigenvalue weighted by atomic mass is 19.1. The summed E-state index contributed by atoms with van der Waals surface area (Å²) in [7, 11) is 2.96. The van der Waals surface area contributed by atoms with E-state index >= 15 is 0 Å². The summed E-state index contributed by atoms with van der Waals surface area (Å²) in [5.74, 6) is -0.522. The van der Waals surface area contributed by atoms with Crippen LogP contribution in [-0.4, -0.2) is 30.9 Å². The second-order valence-corrected chi connectivity index (χ2v) is 7.04. The summed E-state index contributed by atoms with van der Waals surface area (Å²) in [6.45, 7) is 0.115. The minimum absolute atomic E-state index is 0.115. The van der Waals surface area contributed by atoms with Crippen LogP contribution in [0.15, 0.2) is 66.7 Å². The average Bonchev–Trinajstić information content (AvgIpc) is 2.80. The Balaban J connectivity index is 1.75. The van der Waals surface area contributed by atoms with E-state index in [9.17, 15) is 14.0 Å². The Morgan fingerprint density at radius 2 is 1.58 bits per heavy atom. The van der Waals surface area contributed by atoms with Crippen molar-refractivity contribution in [3.8, 4) is 11.5 Å². The van der Waals surface area contributed by atoms with Crippen molar-refractivity contribution in [1.29, 1.82) is 0 Å². The molecule has 4 rings (SSSR count). The number of rotatable bonds is 5. The third-order valence-corrected chi connectivity index (χ3v) is 5.15. The lowest BCUT2D eigenvalue weighted by Gasteiger charge is -2.29. The molecule has 0 saturated heterocycles. The monoisotopic (exact) mass is 417 g/mol. The molecule has 0 fully saturated rings. The van der Waals surface area contributed by atoms with Crippen molar-refractivity contribution >= 4 is 23.5 Å². The van der Waals surface area contributed by atoms with Crippen LogP contribution >= 0.6 is 0 Å². The van der Waals surface area contributed by atoms with Gasteiger partial charge in [-0.1, -0.05) is 36.4 Å². The van der Waals surface area contributed by atoms with Crippen LogP contribution in [0.3, 0.4) is 0 Å². The Kier molecular flexibility index (Phi) is 5.54. The second-order valence-electron chi connectivity index (χ2n) is 7.04. The normalized spacial score (nSPS) is 14.5. The Bertz CT molecular complexity index is 1180. The van der Waals surface area contributed by atoms with Gasteiger partial charge in [0.05, 0.1) is 20.8 Å². The SMILES string of the molecule is COc1ccc(CN2C(=O)C(=Cc3ccc(OC)c(F)c3)c3ccccc3C2=O)cc1. The van der Waals surface area contributed by atoms with Gasteiger partial charge in [0.2, 0.25) is 0 Å². The third-order valence-electron chi connectivity index (χ3n) is 5.15. The number of hydrogen-bond donors (Lipinski definition) is 0. The van der Waals surface area contributed by atoms with Crippen LogP contribution < -0.4 is 9.47 Å². The lowest BCUT2D eigenvalue weighted by molar-refractivity contribution is -0.123. The average molecular weight is 417 g/mol. The fraction of sp³-hybridized carbons (Fsp3) is 0.120. The van der Waals surface area contributed by atoms with Crippen LogP contribution in [0, 0.1) is 5.82 Å². The lowest BCUT2D eigenvalue weighted by atomic mass is 9.91. The fourth-order valence-corrected chi connectivity index (χ4v) is 3.54. The Hall–Kier alpha value is -3.93. The molecule has 0 spiro atoms. The van der Waals surface area contributed by atoms with Gasteiger partial charge in [-0.2, -0.15) is 0 Å². The summed E-state index contributed by atoms with van der Waals surface area (Å²) in [5.41, 5.74) is 2.57. The van der Waals surface area contributed by atoms with Crippen molar-refractivity contribution in [3.63, 3.8) is 0 Å². The molecule has 0 atom stereocenters. The van der Waals surface area contributed by atoms with Gasteiger partial charge in [0.15, 0.2) is 11.6 Å². The number of fused-ring (bicyclic) bond motifs is 1. The third kappa shape index (κ3) is 3.92. The summed E-state index contributed by atoms with van der Waals surface area (Å²) in [6, 6.07) is 18.6. The number of carbonyl (C=O) groups excluding carboxylic acids is 2. The number of ether oxygens (including phenoxy) is 2. The van der Waals surface area contributed by atoms with Crippen LogP contribution in [0.25, 0.3) is 11.6 Å². The zero-order chi connectivity index (χ0) is 22.0. The van der Waals surface area contributed by atoms with Gasteiger partial charge in [0.1, 0.15) is 5.75 Å². The van der Waals surface area contributed by atoms with Crippen LogP contribution in [-0.2, 0) is 11.3 Å². The largest absolute Gasteiger partial charge is 0.497 e. The smallest absolute Gasteiger partial charge is 0.261 e. The summed E-state index contributed by atoms with van der Waals surface area (Å²) in [4.78, 5) is 27.6. The molecule has 0 radical (unpaired) electrons. The van der Waals surface area contributed by atoms with Crippen LogP contribution in [0.5, 0.6) is 11.5 Å². The minimum atomic E-state index is -0.528. The maximum absolute atomic E-state index is 14.2. The molecule has 0 aliphatic carbocycles. The van der Waals surface area contributed by atoms with E-state index in [1.807, 2.05) is 12.1 Å². The topological polar surface area (TPSA) is 55.8 Å². The van der Waals surface area contributed by atoms with Crippen LogP contribution in [0.2, 0.25) is 0 Å². The van der Waals surface area contributed by atoms with Crippen molar-refractivity contribution in [1.82, 2.24) is 4.90 Å². The molecule has 0 aromatic heterocycles. The molecule has 1 heterocycles. The van der Waals surface area contributed by atoms with Gasteiger partial charge in [0.25, 0.3) is 11.8 Å². The molecule has 0 N–H and O–H groups in total. The highest BCUT2D eigenvalue weighted by Gasteiger charge is 2.34. The molecule has 3 aromatic carbocycles. The van der Waals surface area contributed by atoms with Gasteiger partial charge in [-0.3, -0.25) is 14.5 Å². The van der Waals surface area contributed by atoms with E-state index in [2.05, 4.69) is 0 Å².